The first kappa shape index (κ1) is 64.6. The molecule has 12 aromatic carbocycles. The lowest BCUT2D eigenvalue weighted by Crippen LogP contribution is -2.07. The van der Waals surface area contributed by atoms with Crippen LogP contribution < -0.4 is 0 Å². The second-order valence-corrected chi connectivity index (χ2v) is 24.3. The van der Waals surface area contributed by atoms with E-state index in [1.165, 1.54) is 48.5 Å². The summed E-state index contributed by atoms with van der Waals surface area (Å²) < 4.78 is 3.97. The number of nitriles is 13. The Hall–Kier alpha value is -17.4. The van der Waals surface area contributed by atoms with Crippen LogP contribution in [0.5, 0.6) is 0 Å². The summed E-state index contributed by atoms with van der Waals surface area (Å²) in [5.74, 6) is 0.835. The fourth-order valence-corrected chi connectivity index (χ4v) is 14.1. The fourth-order valence-electron chi connectivity index (χ4n) is 14.1. The van der Waals surface area contributed by atoms with Gasteiger partial charge in [0.15, 0.2) is 17.5 Å². The van der Waals surface area contributed by atoms with Crippen molar-refractivity contribution in [3.05, 3.63) is 291 Å². The summed E-state index contributed by atoms with van der Waals surface area (Å²) in [4.78, 5) is 15.7. The molecule has 0 saturated carbocycles. The highest BCUT2D eigenvalue weighted by Gasteiger charge is 2.30. The van der Waals surface area contributed by atoms with Crippen LogP contribution in [0, 0.1) is 147 Å². The predicted octanol–water partition coefficient (Wildman–Crippen LogP) is 17.7. The second-order valence-electron chi connectivity index (χ2n) is 24.3. The van der Waals surface area contributed by atoms with Crippen LogP contribution in [0.4, 0.5) is 0 Å². The third-order valence-electron chi connectivity index (χ3n) is 18.6. The number of hydrogen-bond donors (Lipinski definition) is 0. The molecular formula is C88H36N18. The first-order chi connectivity index (χ1) is 51.9. The highest BCUT2D eigenvalue weighted by molar-refractivity contribution is 6.15. The van der Waals surface area contributed by atoms with E-state index in [0.29, 0.717) is 117 Å². The minimum absolute atomic E-state index is 0.0551. The molecule has 0 spiro atoms. The van der Waals surface area contributed by atoms with Gasteiger partial charge in [0, 0.05) is 71.6 Å². The van der Waals surface area contributed by atoms with E-state index in [0.717, 1.165) is 0 Å². The van der Waals surface area contributed by atoms with Crippen molar-refractivity contribution in [1.29, 1.82) is 68.4 Å². The van der Waals surface area contributed by atoms with Gasteiger partial charge in [-0.1, -0.05) is 103 Å². The Morgan fingerprint density at radius 2 is 0.509 bits per heavy atom. The summed E-state index contributed by atoms with van der Waals surface area (Å²) in [5, 5.41) is 140. The van der Waals surface area contributed by atoms with Crippen LogP contribution in [0.2, 0.25) is 0 Å². The van der Waals surface area contributed by atoms with Crippen molar-refractivity contribution in [2.45, 2.75) is 0 Å². The van der Waals surface area contributed by atoms with Gasteiger partial charge in [-0.25, -0.2) is 15.0 Å². The molecule has 0 saturated heterocycles. The Morgan fingerprint density at radius 1 is 0.217 bits per heavy atom. The van der Waals surface area contributed by atoms with E-state index in [2.05, 4.69) is 66.8 Å². The van der Waals surface area contributed by atoms with Crippen molar-refractivity contribution in [3.8, 4) is 180 Å². The second kappa shape index (κ2) is 26.5. The summed E-state index contributed by atoms with van der Waals surface area (Å²) >= 11 is 0. The van der Waals surface area contributed by atoms with E-state index in [-0.39, 0.29) is 100 Å². The number of rotatable bonds is 10. The van der Waals surface area contributed by atoms with Crippen LogP contribution in [0.3, 0.4) is 0 Å². The molecule has 0 N–H and O–H groups in total. The number of fused-ring (bicyclic) bond motifs is 6. The Morgan fingerprint density at radius 3 is 0.821 bits per heavy atom. The first-order valence-corrected chi connectivity index (χ1v) is 32.2. The molecule has 3 aromatic heterocycles. The molecule has 18 nitrogen and oxygen atoms in total. The molecule has 3 heterocycles. The van der Waals surface area contributed by atoms with Gasteiger partial charge in [0.1, 0.15) is 0 Å². The van der Waals surface area contributed by atoms with E-state index >= 15 is 0 Å². The summed E-state index contributed by atoms with van der Waals surface area (Å²) in [6, 6.07) is 90.9. The normalized spacial score (nSPS) is 10.5. The molecule has 0 aliphatic carbocycles. The molecule has 0 radical (unpaired) electrons. The van der Waals surface area contributed by atoms with E-state index in [9.17, 15) is 68.4 Å². The Kier molecular flexibility index (Phi) is 16.1. The van der Waals surface area contributed by atoms with Gasteiger partial charge in [-0.05, 0) is 138 Å². The van der Waals surface area contributed by atoms with Crippen LogP contribution in [0.1, 0.15) is 72.3 Å². The Balaban J connectivity index is 1.10. The number of nitrogens with zero attached hydrogens (tertiary/aromatic N) is 18. The Bertz CT molecular complexity index is 6560. The highest BCUT2D eigenvalue weighted by atomic mass is 15.1. The zero-order chi connectivity index (χ0) is 73.4. The van der Waals surface area contributed by atoms with Gasteiger partial charge in [-0.2, -0.15) is 68.4 Å². The summed E-state index contributed by atoms with van der Waals surface area (Å²) in [6.07, 6.45) is 0. The van der Waals surface area contributed by atoms with Gasteiger partial charge in [-0.15, -0.1) is 0 Å². The van der Waals surface area contributed by atoms with Crippen LogP contribution in [-0.4, -0.2) is 24.1 Å². The summed E-state index contributed by atoms with van der Waals surface area (Å²) in [7, 11) is 0. The molecular weight excluding hydrogens is 1310 g/mol. The standard InChI is InChI=1S/C88H36N18/c89-37-50-25-61(42-94)80(62(26-50)43-95)56-17-21-75-71(33-56)72-34-57(81-63(44-96)27-51(38-90)28-64(81)45-97)18-22-76(72)105(75)79-16-7-13-60(41-93)84(79)69-14-8-15-70(88-103-86(54-9-3-1-4-10-54)102-87(104-88)55-11-5-2-6-12-55)85(69)106-77-23-19-58(82-65(46-98)29-52(39-91)30-66(82)47-99)35-73(77)74-36-59(20-24-78(74)106)83-67(48-100)31-53(40-92)32-68(83)49-101/h1-36H. The van der Waals surface area contributed by atoms with Crippen LogP contribution >= 0.6 is 0 Å². The summed E-state index contributed by atoms with van der Waals surface area (Å²) in [5.41, 5.74) is 9.31. The van der Waals surface area contributed by atoms with E-state index in [1.807, 2.05) is 155 Å². The zero-order valence-electron chi connectivity index (χ0n) is 54.8. The number of hydrogen-bond acceptors (Lipinski definition) is 16. The van der Waals surface area contributed by atoms with Crippen molar-refractivity contribution in [1.82, 2.24) is 24.1 Å². The topological polar surface area (TPSA) is 358 Å². The van der Waals surface area contributed by atoms with E-state index in [4.69, 9.17) is 15.0 Å². The molecule has 478 valence electrons. The van der Waals surface area contributed by atoms with Gasteiger partial charge < -0.3 is 9.13 Å². The highest BCUT2D eigenvalue weighted by Crippen LogP contribution is 2.49. The molecule has 0 amide bonds. The minimum Gasteiger partial charge on any atom is -0.309 e. The smallest absolute Gasteiger partial charge is 0.166 e. The fraction of sp³-hybridized carbons (Fsp3) is 0. The molecule has 0 atom stereocenters. The van der Waals surface area contributed by atoms with Crippen molar-refractivity contribution in [3.63, 3.8) is 0 Å². The lowest BCUT2D eigenvalue weighted by atomic mass is 9.91. The van der Waals surface area contributed by atoms with Gasteiger partial charge in [0.2, 0.25) is 0 Å². The quantitative estimate of drug-likeness (QED) is 0.123. The lowest BCUT2D eigenvalue weighted by molar-refractivity contribution is 1.06. The van der Waals surface area contributed by atoms with Crippen molar-refractivity contribution >= 4 is 43.6 Å². The maximum Gasteiger partial charge on any atom is 0.166 e. The molecule has 0 aliphatic heterocycles. The molecule has 15 aromatic rings. The minimum atomic E-state index is 0.0551. The molecule has 0 bridgehead atoms. The monoisotopic (exact) mass is 1340 g/mol. The molecule has 0 fully saturated rings. The predicted molar refractivity (Wildman–Crippen MR) is 393 cm³/mol. The zero-order valence-corrected chi connectivity index (χ0v) is 54.8. The van der Waals surface area contributed by atoms with Crippen LogP contribution in [0.25, 0.3) is 145 Å². The SMILES string of the molecule is N#Cc1cc(C#N)c(-c2ccc3c(c2)c2cc(-c4c(C#N)cc(C#N)cc4C#N)ccc2n3-c2cccc(C#N)c2-c2cccc(-c3nc(-c4ccccc4)nc(-c4ccccc4)n3)c2-n2c3ccc(-c4c(C#N)cc(C#N)cc4C#N)cc3c3cc(-c4c(C#N)cc(C#N)cc4C#N)ccc32)c(C#N)c1. The lowest BCUT2D eigenvalue weighted by Gasteiger charge is -2.22. The van der Waals surface area contributed by atoms with E-state index < -0.39 is 0 Å². The van der Waals surface area contributed by atoms with Crippen molar-refractivity contribution < 1.29 is 0 Å². The first-order valence-electron chi connectivity index (χ1n) is 32.2. The van der Waals surface area contributed by atoms with Crippen molar-refractivity contribution in [2.24, 2.45) is 0 Å². The average Bonchev–Trinajstić information content (AvgIpc) is 1.55. The van der Waals surface area contributed by atoms with Gasteiger partial charge >= 0.3 is 0 Å². The third kappa shape index (κ3) is 10.6. The number of para-hydroxylation sites is 1. The maximum atomic E-state index is 11.8. The van der Waals surface area contributed by atoms with Gasteiger partial charge in [0.25, 0.3) is 0 Å². The molecule has 106 heavy (non-hydrogen) atoms. The molecule has 0 unspecified atom stereocenters. The van der Waals surface area contributed by atoms with Crippen LogP contribution in [0.15, 0.2) is 218 Å². The molecule has 18 heteroatoms. The third-order valence-corrected chi connectivity index (χ3v) is 18.6. The average molecular weight is 1350 g/mol. The number of benzene rings is 12. The van der Waals surface area contributed by atoms with Crippen molar-refractivity contribution in [2.75, 3.05) is 0 Å². The Labute approximate surface area is 603 Å². The maximum absolute atomic E-state index is 11.8. The van der Waals surface area contributed by atoms with Crippen LogP contribution in [-0.2, 0) is 0 Å². The molecule has 15 rings (SSSR count). The summed E-state index contributed by atoms with van der Waals surface area (Å²) in [6.45, 7) is 0. The van der Waals surface area contributed by atoms with Gasteiger partial charge in [0.05, 0.1) is 185 Å². The largest absolute Gasteiger partial charge is 0.309 e. The van der Waals surface area contributed by atoms with E-state index in [1.54, 1.807) is 36.4 Å². The molecule has 0 aliphatic rings. The van der Waals surface area contributed by atoms with Gasteiger partial charge in [-0.3, -0.25) is 0 Å². The number of aromatic nitrogens is 5.